The van der Waals surface area contributed by atoms with Crippen molar-refractivity contribution < 1.29 is 19.1 Å². The minimum atomic E-state index is -0.450. The number of amides is 2. The molecule has 2 rings (SSSR count). The van der Waals surface area contributed by atoms with Crippen LogP contribution in [0.4, 0.5) is 5.69 Å². The molecule has 2 amide bonds. The smallest absolute Gasteiger partial charge is 0.337 e. The summed E-state index contributed by atoms with van der Waals surface area (Å²) in [5.74, 6) is -1.19. The molecular weight excluding hydrogens is 332 g/mol. The second-order valence-corrected chi connectivity index (χ2v) is 5.55. The summed E-state index contributed by atoms with van der Waals surface area (Å²) in [6, 6.07) is 15.8. The first-order chi connectivity index (χ1) is 12.5. The van der Waals surface area contributed by atoms with Crippen molar-refractivity contribution in [2.24, 2.45) is 0 Å². The zero-order chi connectivity index (χ0) is 18.9. The van der Waals surface area contributed by atoms with Gasteiger partial charge in [0.2, 0.25) is 5.91 Å². The van der Waals surface area contributed by atoms with Crippen LogP contribution in [0.3, 0.4) is 0 Å². The Bertz CT molecular complexity index is 811. The number of carbonyl (C=O) groups excluding carboxylic acids is 3. The number of ether oxygens (including phenoxy) is 1. The predicted molar refractivity (Wildman–Crippen MR) is 98.5 cm³/mol. The molecule has 6 heteroatoms. The maximum absolute atomic E-state index is 12.1. The van der Waals surface area contributed by atoms with Crippen molar-refractivity contribution in [2.75, 3.05) is 12.4 Å². The van der Waals surface area contributed by atoms with Crippen LogP contribution in [0.15, 0.2) is 66.2 Å². The quantitative estimate of drug-likeness (QED) is 0.618. The molecule has 0 unspecified atom stereocenters. The fraction of sp³-hybridized carbons (Fsp3) is 0.150. The number of hydrogen-bond donors (Lipinski definition) is 2. The molecule has 0 aliphatic rings. The summed E-state index contributed by atoms with van der Waals surface area (Å²) in [6.45, 7) is 1.94. The standard InChI is InChI=1S/C20H20N2O4/c1-14(12-18(23)21-13-15-6-4-3-5-7-15)19(24)22-17-10-8-16(9-11-17)20(25)26-2/h3-12H,13H2,1-2H3,(H,21,23)(H,22,24)/b14-12+. The molecule has 0 aliphatic carbocycles. The highest BCUT2D eigenvalue weighted by Crippen LogP contribution is 2.11. The number of anilines is 1. The van der Waals surface area contributed by atoms with Gasteiger partial charge in [-0.3, -0.25) is 9.59 Å². The molecule has 0 bridgehead atoms. The van der Waals surface area contributed by atoms with Gasteiger partial charge in [0, 0.05) is 23.9 Å². The van der Waals surface area contributed by atoms with Gasteiger partial charge in [0.25, 0.3) is 5.91 Å². The van der Waals surface area contributed by atoms with E-state index in [1.54, 1.807) is 31.2 Å². The first kappa shape index (κ1) is 18.9. The maximum Gasteiger partial charge on any atom is 0.337 e. The molecule has 0 saturated heterocycles. The van der Waals surface area contributed by atoms with Crippen molar-refractivity contribution in [3.8, 4) is 0 Å². The molecule has 0 aliphatic heterocycles. The van der Waals surface area contributed by atoms with E-state index in [2.05, 4.69) is 15.4 Å². The highest BCUT2D eigenvalue weighted by molar-refractivity contribution is 6.07. The van der Waals surface area contributed by atoms with Crippen LogP contribution in [0, 0.1) is 0 Å². The van der Waals surface area contributed by atoms with Crippen LogP contribution in [-0.4, -0.2) is 24.9 Å². The van der Waals surface area contributed by atoms with Crippen LogP contribution < -0.4 is 10.6 Å². The number of methoxy groups -OCH3 is 1. The largest absolute Gasteiger partial charge is 0.465 e. The number of hydrogen-bond acceptors (Lipinski definition) is 4. The number of benzene rings is 2. The van der Waals surface area contributed by atoms with Gasteiger partial charge >= 0.3 is 5.97 Å². The van der Waals surface area contributed by atoms with Gasteiger partial charge in [0.05, 0.1) is 12.7 Å². The Kier molecular flexibility index (Phi) is 6.68. The van der Waals surface area contributed by atoms with Crippen molar-refractivity contribution in [3.05, 3.63) is 77.4 Å². The summed E-state index contributed by atoms with van der Waals surface area (Å²) in [5.41, 5.74) is 2.15. The van der Waals surface area contributed by atoms with E-state index in [-0.39, 0.29) is 11.5 Å². The zero-order valence-corrected chi connectivity index (χ0v) is 14.6. The fourth-order valence-corrected chi connectivity index (χ4v) is 2.14. The molecule has 6 nitrogen and oxygen atoms in total. The van der Waals surface area contributed by atoms with Gasteiger partial charge in [-0.25, -0.2) is 4.79 Å². The summed E-state index contributed by atoms with van der Waals surface area (Å²) in [5, 5.41) is 5.39. The Balaban J connectivity index is 1.90. The van der Waals surface area contributed by atoms with Crippen LogP contribution >= 0.6 is 0 Å². The number of nitrogens with one attached hydrogen (secondary N) is 2. The molecule has 2 aromatic rings. The summed E-state index contributed by atoms with van der Waals surface area (Å²) < 4.78 is 4.61. The van der Waals surface area contributed by atoms with Crippen LogP contribution in [0.2, 0.25) is 0 Å². The van der Waals surface area contributed by atoms with E-state index in [9.17, 15) is 14.4 Å². The van der Waals surface area contributed by atoms with Crippen molar-refractivity contribution in [1.29, 1.82) is 0 Å². The Morgan fingerprint density at radius 3 is 2.27 bits per heavy atom. The molecular formula is C20H20N2O4. The third kappa shape index (κ3) is 5.59. The van der Waals surface area contributed by atoms with Gasteiger partial charge in [0.1, 0.15) is 0 Å². The van der Waals surface area contributed by atoms with E-state index >= 15 is 0 Å². The third-order valence-corrected chi connectivity index (χ3v) is 3.58. The second kappa shape index (κ2) is 9.17. The highest BCUT2D eigenvalue weighted by Gasteiger charge is 2.09. The van der Waals surface area contributed by atoms with Crippen molar-refractivity contribution in [1.82, 2.24) is 5.32 Å². The average molecular weight is 352 g/mol. The molecule has 0 radical (unpaired) electrons. The monoisotopic (exact) mass is 352 g/mol. The topological polar surface area (TPSA) is 84.5 Å². The highest BCUT2D eigenvalue weighted by atomic mass is 16.5. The van der Waals surface area contributed by atoms with Gasteiger partial charge in [-0.2, -0.15) is 0 Å². The van der Waals surface area contributed by atoms with E-state index in [0.29, 0.717) is 17.8 Å². The molecule has 2 aromatic carbocycles. The second-order valence-electron chi connectivity index (χ2n) is 5.55. The van der Waals surface area contributed by atoms with Crippen LogP contribution in [-0.2, 0) is 20.9 Å². The minimum absolute atomic E-state index is 0.271. The van der Waals surface area contributed by atoms with E-state index in [4.69, 9.17) is 0 Å². The Morgan fingerprint density at radius 2 is 1.65 bits per heavy atom. The Morgan fingerprint density at radius 1 is 1.00 bits per heavy atom. The number of rotatable bonds is 6. The zero-order valence-electron chi connectivity index (χ0n) is 14.6. The first-order valence-electron chi connectivity index (χ1n) is 7.99. The van der Waals surface area contributed by atoms with Gasteiger partial charge in [-0.1, -0.05) is 30.3 Å². The average Bonchev–Trinajstić information content (AvgIpc) is 2.67. The van der Waals surface area contributed by atoms with E-state index in [0.717, 1.165) is 5.56 Å². The fourth-order valence-electron chi connectivity index (χ4n) is 2.14. The van der Waals surface area contributed by atoms with Gasteiger partial charge in [0.15, 0.2) is 0 Å². The van der Waals surface area contributed by atoms with Gasteiger partial charge < -0.3 is 15.4 Å². The summed E-state index contributed by atoms with van der Waals surface area (Å²) in [4.78, 5) is 35.4. The predicted octanol–water partition coefficient (Wildman–Crippen LogP) is 2.67. The van der Waals surface area contributed by atoms with Crippen molar-refractivity contribution >= 4 is 23.5 Å². The number of carbonyl (C=O) groups is 3. The molecule has 134 valence electrons. The lowest BCUT2D eigenvalue weighted by Crippen LogP contribution is -2.22. The van der Waals surface area contributed by atoms with Crippen LogP contribution in [0.1, 0.15) is 22.8 Å². The van der Waals surface area contributed by atoms with E-state index in [1.807, 2.05) is 30.3 Å². The lowest BCUT2D eigenvalue weighted by atomic mass is 10.2. The Labute approximate surface area is 151 Å². The van der Waals surface area contributed by atoms with E-state index < -0.39 is 11.9 Å². The SMILES string of the molecule is COC(=O)c1ccc(NC(=O)/C(C)=C/C(=O)NCc2ccccc2)cc1. The molecule has 0 heterocycles. The Hall–Kier alpha value is -3.41. The molecule has 0 fully saturated rings. The summed E-state index contributed by atoms with van der Waals surface area (Å²) in [7, 11) is 1.30. The van der Waals surface area contributed by atoms with Gasteiger partial charge in [-0.05, 0) is 36.8 Å². The first-order valence-corrected chi connectivity index (χ1v) is 7.99. The molecule has 26 heavy (non-hydrogen) atoms. The van der Waals surface area contributed by atoms with Crippen molar-refractivity contribution in [3.63, 3.8) is 0 Å². The van der Waals surface area contributed by atoms with Gasteiger partial charge in [-0.15, -0.1) is 0 Å². The van der Waals surface area contributed by atoms with Crippen LogP contribution in [0.5, 0.6) is 0 Å². The lowest BCUT2D eigenvalue weighted by Gasteiger charge is -2.07. The lowest BCUT2D eigenvalue weighted by molar-refractivity contribution is -0.117. The molecule has 0 saturated carbocycles. The number of esters is 1. The van der Waals surface area contributed by atoms with E-state index in [1.165, 1.54) is 13.2 Å². The molecule has 0 aromatic heterocycles. The maximum atomic E-state index is 12.1. The normalized spacial score (nSPS) is 10.8. The molecule has 2 N–H and O–H groups in total. The van der Waals surface area contributed by atoms with Crippen molar-refractivity contribution in [2.45, 2.75) is 13.5 Å². The summed E-state index contributed by atoms with van der Waals surface area (Å²) in [6.07, 6.45) is 1.25. The van der Waals surface area contributed by atoms with Crippen LogP contribution in [0.25, 0.3) is 0 Å². The minimum Gasteiger partial charge on any atom is -0.465 e. The third-order valence-electron chi connectivity index (χ3n) is 3.58. The molecule has 0 atom stereocenters. The molecule has 0 spiro atoms. The summed E-state index contributed by atoms with van der Waals surface area (Å²) >= 11 is 0.